The molecule has 0 radical (unpaired) electrons. The molecule has 2 N–H and O–H groups in total. The summed E-state index contributed by atoms with van der Waals surface area (Å²) in [7, 11) is 0. The van der Waals surface area contributed by atoms with Gasteiger partial charge < -0.3 is 20.3 Å². The number of carbonyl (C=O) groups excluding carboxylic acids is 3. The topological polar surface area (TPSA) is 91.0 Å². The van der Waals surface area contributed by atoms with Crippen molar-refractivity contribution >= 4 is 23.4 Å². The number of rotatable bonds is 10. The second kappa shape index (κ2) is 13.1. The van der Waals surface area contributed by atoms with Crippen molar-refractivity contribution in [3.05, 3.63) is 59.7 Å². The fourth-order valence-corrected chi connectivity index (χ4v) is 4.27. The van der Waals surface area contributed by atoms with Crippen LogP contribution in [0.15, 0.2) is 48.5 Å². The second-order valence-electron chi connectivity index (χ2n) is 9.31. The van der Waals surface area contributed by atoms with Crippen molar-refractivity contribution in [2.45, 2.75) is 40.2 Å². The van der Waals surface area contributed by atoms with Crippen molar-refractivity contribution in [2.75, 3.05) is 44.6 Å². The summed E-state index contributed by atoms with van der Waals surface area (Å²) in [4.78, 5) is 42.5. The van der Waals surface area contributed by atoms with Crippen LogP contribution in [-0.4, -0.2) is 72.9 Å². The summed E-state index contributed by atoms with van der Waals surface area (Å²) in [6.07, 6.45) is 0.851. The third-order valence-corrected chi connectivity index (χ3v) is 6.37. The van der Waals surface area contributed by atoms with E-state index in [4.69, 9.17) is 4.74 Å². The highest BCUT2D eigenvalue weighted by Gasteiger charge is 2.31. The summed E-state index contributed by atoms with van der Waals surface area (Å²) < 4.78 is 5.43. The zero-order chi connectivity index (χ0) is 26.1. The molecule has 1 atom stereocenters. The van der Waals surface area contributed by atoms with Crippen molar-refractivity contribution in [1.82, 2.24) is 15.1 Å². The highest BCUT2D eigenvalue weighted by molar-refractivity contribution is 5.97. The van der Waals surface area contributed by atoms with E-state index in [0.29, 0.717) is 44.1 Å². The minimum absolute atomic E-state index is 0.0571. The van der Waals surface area contributed by atoms with Crippen molar-refractivity contribution in [3.63, 3.8) is 0 Å². The molecule has 0 saturated carbocycles. The van der Waals surface area contributed by atoms with Gasteiger partial charge in [0.1, 0.15) is 11.8 Å². The maximum absolute atomic E-state index is 13.3. The first-order valence-corrected chi connectivity index (χ1v) is 12.7. The molecular weight excluding hydrogens is 456 g/mol. The molecule has 0 unspecified atom stereocenters. The molecule has 0 bridgehead atoms. The Morgan fingerprint density at radius 3 is 2.22 bits per heavy atom. The molecule has 3 amide bonds. The molecule has 3 rings (SSSR count). The predicted molar refractivity (Wildman–Crippen MR) is 141 cm³/mol. The Morgan fingerprint density at radius 1 is 0.944 bits per heavy atom. The number of hydrogen-bond donors (Lipinski definition) is 2. The van der Waals surface area contributed by atoms with E-state index in [1.165, 1.54) is 0 Å². The zero-order valence-corrected chi connectivity index (χ0v) is 21.8. The van der Waals surface area contributed by atoms with E-state index in [0.717, 1.165) is 17.7 Å². The molecule has 1 heterocycles. The van der Waals surface area contributed by atoms with Crippen molar-refractivity contribution in [1.29, 1.82) is 0 Å². The monoisotopic (exact) mass is 494 g/mol. The lowest BCUT2D eigenvalue weighted by molar-refractivity contribution is -0.136. The molecule has 1 aliphatic heterocycles. The highest BCUT2D eigenvalue weighted by Crippen LogP contribution is 2.16. The first kappa shape index (κ1) is 27.2. The van der Waals surface area contributed by atoms with E-state index in [1.807, 2.05) is 45.0 Å². The number of hydrogen-bond acceptors (Lipinski definition) is 5. The zero-order valence-electron chi connectivity index (χ0n) is 21.8. The summed E-state index contributed by atoms with van der Waals surface area (Å²) in [6, 6.07) is 14.1. The lowest BCUT2D eigenvalue weighted by Gasteiger charge is -2.37. The molecule has 1 aliphatic rings. The van der Waals surface area contributed by atoms with Crippen LogP contribution in [0, 0.1) is 5.92 Å². The van der Waals surface area contributed by atoms with Crippen molar-refractivity contribution in [2.24, 2.45) is 5.92 Å². The Hall–Kier alpha value is -3.39. The molecule has 1 saturated heterocycles. The predicted octanol–water partition coefficient (Wildman–Crippen LogP) is 3.19. The maximum Gasteiger partial charge on any atom is 0.251 e. The van der Waals surface area contributed by atoms with Crippen LogP contribution in [0.1, 0.15) is 43.6 Å². The van der Waals surface area contributed by atoms with E-state index < -0.39 is 6.04 Å². The number of amides is 3. The van der Waals surface area contributed by atoms with E-state index in [2.05, 4.69) is 22.5 Å². The summed E-state index contributed by atoms with van der Waals surface area (Å²) in [5.74, 6) is 0.203. The van der Waals surface area contributed by atoms with Gasteiger partial charge in [-0.25, -0.2) is 0 Å². The second-order valence-corrected chi connectivity index (χ2v) is 9.31. The molecule has 2 aromatic rings. The summed E-state index contributed by atoms with van der Waals surface area (Å²) in [5, 5.41) is 5.92. The first-order valence-electron chi connectivity index (χ1n) is 12.7. The Kier molecular flexibility index (Phi) is 9.87. The molecule has 8 heteroatoms. The van der Waals surface area contributed by atoms with Gasteiger partial charge in [0.25, 0.3) is 5.91 Å². The minimum atomic E-state index is -0.621. The van der Waals surface area contributed by atoms with Crippen LogP contribution in [0.2, 0.25) is 0 Å². The molecule has 194 valence electrons. The largest absolute Gasteiger partial charge is 0.494 e. The number of benzene rings is 2. The van der Waals surface area contributed by atoms with Gasteiger partial charge in [-0.3, -0.25) is 19.3 Å². The third kappa shape index (κ3) is 7.31. The van der Waals surface area contributed by atoms with Gasteiger partial charge in [0.2, 0.25) is 11.8 Å². The van der Waals surface area contributed by atoms with Gasteiger partial charge in [0, 0.05) is 37.4 Å². The molecular formula is C28H38N4O4. The summed E-state index contributed by atoms with van der Waals surface area (Å²) >= 11 is 0. The summed E-state index contributed by atoms with van der Waals surface area (Å²) in [6.45, 7) is 10.9. The number of piperazine rings is 1. The maximum atomic E-state index is 13.3. The number of carbonyl (C=O) groups is 3. The minimum Gasteiger partial charge on any atom is -0.494 e. The molecule has 0 spiro atoms. The van der Waals surface area contributed by atoms with Crippen LogP contribution in [0.5, 0.6) is 5.75 Å². The lowest BCUT2D eigenvalue weighted by Crippen LogP contribution is -2.57. The van der Waals surface area contributed by atoms with Gasteiger partial charge in [-0.15, -0.1) is 0 Å². The Balaban J connectivity index is 1.52. The van der Waals surface area contributed by atoms with Gasteiger partial charge in [0.15, 0.2) is 0 Å². The number of aryl methyl sites for hydroxylation is 1. The van der Waals surface area contributed by atoms with Gasteiger partial charge in [-0.2, -0.15) is 0 Å². The normalized spacial score (nSPS) is 14.9. The Bertz CT molecular complexity index is 1030. The highest BCUT2D eigenvalue weighted by atomic mass is 16.5. The van der Waals surface area contributed by atoms with Gasteiger partial charge in [0.05, 0.1) is 13.2 Å². The average molecular weight is 495 g/mol. The smallest absolute Gasteiger partial charge is 0.251 e. The van der Waals surface area contributed by atoms with Crippen molar-refractivity contribution < 1.29 is 19.1 Å². The van der Waals surface area contributed by atoms with Crippen LogP contribution >= 0.6 is 0 Å². The third-order valence-electron chi connectivity index (χ3n) is 6.37. The van der Waals surface area contributed by atoms with Gasteiger partial charge in [-0.1, -0.05) is 39.0 Å². The van der Waals surface area contributed by atoms with E-state index >= 15 is 0 Å². The van der Waals surface area contributed by atoms with E-state index in [-0.39, 0.29) is 30.2 Å². The quantitative estimate of drug-likeness (QED) is 0.529. The molecule has 0 aliphatic carbocycles. The number of nitrogens with zero attached hydrogens (tertiary/aromatic N) is 2. The fourth-order valence-electron chi connectivity index (χ4n) is 4.27. The van der Waals surface area contributed by atoms with Crippen LogP contribution < -0.4 is 15.4 Å². The lowest BCUT2D eigenvalue weighted by atomic mass is 10.0. The van der Waals surface area contributed by atoms with E-state index in [1.54, 1.807) is 29.2 Å². The number of para-hydroxylation sites is 1. The van der Waals surface area contributed by atoms with Crippen LogP contribution in [0.25, 0.3) is 0 Å². The number of anilines is 1. The fraction of sp³-hybridized carbons (Fsp3) is 0.464. The standard InChI is InChI=1S/C28H38N4O4/c1-5-21-9-7-8-10-24(21)29-25(33)19-31-15-17-32(18-16-31)28(35)26(20(3)4)30-27(34)22-11-13-23(14-12-22)36-6-2/h7-14,20,26H,5-6,15-19H2,1-4H3,(H,29,33)(H,30,34)/t26-/m0/s1. The summed E-state index contributed by atoms with van der Waals surface area (Å²) in [5.41, 5.74) is 2.44. The Labute approximate surface area is 214 Å². The van der Waals surface area contributed by atoms with E-state index in [9.17, 15) is 14.4 Å². The van der Waals surface area contributed by atoms with Crippen LogP contribution in [-0.2, 0) is 16.0 Å². The van der Waals surface area contributed by atoms with Crippen LogP contribution in [0.3, 0.4) is 0 Å². The van der Waals surface area contributed by atoms with Crippen LogP contribution in [0.4, 0.5) is 5.69 Å². The SMILES string of the molecule is CCOc1ccc(C(=O)N[C@H](C(=O)N2CCN(CC(=O)Nc3ccccc3CC)CC2)C(C)C)cc1. The molecule has 2 aromatic carbocycles. The average Bonchev–Trinajstić information content (AvgIpc) is 2.88. The number of ether oxygens (including phenoxy) is 1. The molecule has 36 heavy (non-hydrogen) atoms. The molecule has 1 fully saturated rings. The van der Waals surface area contributed by atoms with Gasteiger partial charge >= 0.3 is 0 Å². The first-order chi connectivity index (χ1) is 17.3. The van der Waals surface area contributed by atoms with Crippen molar-refractivity contribution in [3.8, 4) is 5.75 Å². The molecule has 0 aromatic heterocycles. The Morgan fingerprint density at radius 2 is 1.61 bits per heavy atom. The number of nitrogens with one attached hydrogen (secondary N) is 2. The molecule has 8 nitrogen and oxygen atoms in total. The van der Waals surface area contributed by atoms with Gasteiger partial charge in [-0.05, 0) is 55.2 Å².